The maximum atomic E-state index is 6.38. The summed E-state index contributed by atoms with van der Waals surface area (Å²) in [7, 11) is 0. The summed E-state index contributed by atoms with van der Waals surface area (Å²) < 4.78 is 0. The first-order chi connectivity index (χ1) is 9.29. The highest BCUT2D eigenvalue weighted by Crippen LogP contribution is 2.35. The number of nitrogen functional groups attached to an aromatic ring is 1. The highest BCUT2D eigenvalue weighted by molar-refractivity contribution is 5.98. The van der Waals surface area contributed by atoms with Crippen LogP contribution in [0.1, 0.15) is 26.2 Å². The van der Waals surface area contributed by atoms with Gasteiger partial charge in [0.2, 0.25) is 0 Å². The molecule has 0 bridgehead atoms. The Balaban J connectivity index is 1.98. The maximum Gasteiger partial charge on any atom is 0.0632 e. The van der Waals surface area contributed by atoms with Crippen LogP contribution >= 0.6 is 0 Å². The highest BCUT2D eigenvalue weighted by Gasteiger charge is 2.25. The predicted octanol–water partition coefficient (Wildman–Crippen LogP) is 3.44. The van der Waals surface area contributed by atoms with E-state index in [-0.39, 0.29) is 0 Å². The highest BCUT2D eigenvalue weighted by atomic mass is 15.1. The lowest BCUT2D eigenvalue weighted by Crippen LogP contribution is -2.27. The normalized spacial score (nSPS) is 14.8. The Morgan fingerprint density at radius 1 is 1.32 bits per heavy atom. The molecule has 1 aromatic carbocycles. The molecule has 1 heterocycles. The molecule has 1 aliphatic rings. The fraction of sp³-hybridized carbons (Fsp3) is 0.438. The van der Waals surface area contributed by atoms with E-state index in [0.29, 0.717) is 0 Å². The third-order valence-corrected chi connectivity index (χ3v) is 3.85. The van der Waals surface area contributed by atoms with Crippen molar-refractivity contribution in [3.63, 3.8) is 0 Å². The summed E-state index contributed by atoms with van der Waals surface area (Å²) in [5.41, 5.74) is 8.46. The summed E-state index contributed by atoms with van der Waals surface area (Å²) in [6.07, 6.45) is 7.59. The van der Waals surface area contributed by atoms with Crippen LogP contribution in [-0.2, 0) is 0 Å². The van der Waals surface area contributed by atoms with E-state index in [4.69, 9.17) is 5.73 Å². The summed E-state index contributed by atoms with van der Waals surface area (Å²) >= 11 is 0. The summed E-state index contributed by atoms with van der Waals surface area (Å²) in [6.45, 7) is 4.45. The first-order valence-electron chi connectivity index (χ1n) is 7.16. The zero-order chi connectivity index (χ0) is 13.2. The topological polar surface area (TPSA) is 42.2 Å². The van der Waals surface area contributed by atoms with Crippen molar-refractivity contribution in [3.8, 4) is 0 Å². The SMILES string of the molecule is CCCN(CC1CC1)c1ccc2cnccc2c1N. The van der Waals surface area contributed by atoms with Gasteiger partial charge in [-0.3, -0.25) is 4.98 Å². The largest absolute Gasteiger partial charge is 0.397 e. The summed E-state index contributed by atoms with van der Waals surface area (Å²) in [5, 5.41) is 2.23. The van der Waals surface area contributed by atoms with Crippen molar-refractivity contribution in [2.24, 2.45) is 5.92 Å². The number of aromatic nitrogens is 1. The van der Waals surface area contributed by atoms with Gasteiger partial charge in [0.15, 0.2) is 0 Å². The van der Waals surface area contributed by atoms with Crippen LogP contribution in [0.15, 0.2) is 30.6 Å². The average molecular weight is 255 g/mol. The molecule has 1 fully saturated rings. The van der Waals surface area contributed by atoms with Crippen molar-refractivity contribution >= 4 is 22.1 Å². The molecule has 0 atom stereocenters. The van der Waals surface area contributed by atoms with E-state index in [2.05, 4.69) is 28.9 Å². The predicted molar refractivity (Wildman–Crippen MR) is 81.4 cm³/mol. The standard InChI is InChI=1S/C16H21N3/c1-2-9-19(11-12-3-4-12)15-6-5-13-10-18-8-7-14(13)16(15)17/h5-8,10,12H,2-4,9,11,17H2,1H3. The molecule has 2 N–H and O–H groups in total. The number of pyridine rings is 1. The van der Waals surface area contributed by atoms with E-state index >= 15 is 0 Å². The molecule has 0 spiro atoms. The number of nitrogens with two attached hydrogens (primary N) is 1. The fourth-order valence-corrected chi connectivity index (χ4v) is 2.65. The monoisotopic (exact) mass is 255 g/mol. The van der Waals surface area contributed by atoms with Gasteiger partial charge in [-0.05, 0) is 37.3 Å². The van der Waals surface area contributed by atoms with Crippen molar-refractivity contribution < 1.29 is 0 Å². The molecule has 0 radical (unpaired) electrons. The van der Waals surface area contributed by atoms with Crippen LogP contribution in [-0.4, -0.2) is 18.1 Å². The van der Waals surface area contributed by atoms with E-state index in [9.17, 15) is 0 Å². The van der Waals surface area contributed by atoms with Gasteiger partial charge in [0, 0.05) is 36.3 Å². The number of benzene rings is 1. The molecule has 100 valence electrons. The smallest absolute Gasteiger partial charge is 0.0632 e. The van der Waals surface area contributed by atoms with Crippen LogP contribution in [0.2, 0.25) is 0 Å². The van der Waals surface area contributed by atoms with Gasteiger partial charge in [-0.15, -0.1) is 0 Å². The maximum absolute atomic E-state index is 6.38. The van der Waals surface area contributed by atoms with E-state index in [1.807, 2.05) is 18.5 Å². The molecule has 0 saturated heterocycles. The molecule has 1 aliphatic carbocycles. The number of fused-ring (bicyclic) bond motifs is 1. The molecular formula is C16H21N3. The third-order valence-electron chi connectivity index (χ3n) is 3.85. The Morgan fingerprint density at radius 3 is 2.89 bits per heavy atom. The van der Waals surface area contributed by atoms with Gasteiger partial charge in [-0.1, -0.05) is 13.0 Å². The van der Waals surface area contributed by atoms with Gasteiger partial charge in [0.05, 0.1) is 11.4 Å². The lowest BCUT2D eigenvalue weighted by Gasteiger charge is -2.26. The molecule has 0 aliphatic heterocycles. The third kappa shape index (κ3) is 2.50. The summed E-state index contributed by atoms with van der Waals surface area (Å²) in [4.78, 5) is 6.61. The Hall–Kier alpha value is -1.77. The summed E-state index contributed by atoms with van der Waals surface area (Å²) in [6, 6.07) is 6.29. The van der Waals surface area contributed by atoms with Crippen LogP contribution in [0.3, 0.4) is 0 Å². The van der Waals surface area contributed by atoms with Crippen molar-refractivity contribution in [3.05, 3.63) is 30.6 Å². The molecule has 1 aromatic heterocycles. The van der Waals surface area contributed by atoms with Crippen LogP contribution in [0.25, 0.3) is 10.8 Å². The van der Waals surface area contributed by atoms with Crippen LogP contribution in [0.4, 0.5) is 11.4 Å². The Kier molecular flexibility index (Phi) is 3.28. The Morgan fingerprint density at radius 2 is 2.16 bits per heavy atom. The van der Waals surface area contributed by atoms with Crippen molar-refractivity contribution in [1.29, 1.82) is 0 Å². The zero-order valence-corrected chi connectivity index (χ0v) is 11.5. The lowest BCUT2D eigenvalue weighted by atomic mass is 10.1. The second kappa shape index (κ2) is 5.08. The second-order valence-electron chi connectivity index (χ2n) is 5.48. The van der Waals surface area contributed by atoms with Gasteiger partial charge >= 0.3 is 0 Å². The van der Waals surface area contributed by atoms with Gasteiger partial charge < -0.3 is 10.6 Å². The molecule has 3 rings (SSSR count). The zero-order valence-electron chi connectivity index (χ0n) is 11.5. The second-order valence-corrected chi connectivity index (χ2v) is 5.48. The Bertz CT molecular complexity index is 575. The molecule has 1 saturated carbocycles. The van der Waals surface area contributed by atoms with E-state index < -0.39 is 0 Å². The lowest BCUT2D eigenvalue weighted by molar-refractivity contribution is 0.709. The molecular weight excluding hydrogens is 234 g/mol. The van der Waals surface area contributed by atoms with E-state index in [1.165, 1.54) is 18.5 Å². The van der Waals surface area contributed by atoms with Crippen LogP contribution in [0, 0.1) is 5.92 Å². The van der Waals surface area contributed by atoms with Crippen LogP contribution in [0.5, 0.6) is 0 Å². The first-order valence-corrected chi connectivity index (χ1v) is 7.16. The fourth-order valence-electron chi connectivity index (χ4n) is 2.65. The minimum absolute atomic E-state index is 0.874. The van der Waals surface area contributed by atoms with Gasteiger partial charge in [-0.2, -0.15) is 0 Å². The number of anilines is 2. The number of hydrogen-bond donors (Lipinski definition) is 1. The summed E-state index contributed by atoms with van der Waals surface area (Å²) in [5.74, 6) is 0.874. The molecule has 0 amide bonds. The Labute approximate surface area is 114 Å². The number of rotatable bonds is 5. The quantitative estimate of drug-likeness (QED) is 0.832. The molecule has 3 heteroatoms. The van der Waals surface area contributed by atoms with Gasteiger partial charge in [0.1, 0.15) is 0 Å². The van der Waals surface area contributed by atoms with E-state index in [1.54, 1.807) is 0 Å². The van der Waals surface area contributed by atoms with Gasteiger partial charge in [0.25, 0.3) is 0 Å². The molecule has 19 heavy (non-hydrogen) atoms. The minimum Gasteiger partial charge on any atom is -0.397 e. The van der Waals surface area contributed by atoms with Crippen molar-refractivity contribution in [2.75, 3.05) is 23.7 Å². The van der Waals surface area contributed by atoms with E-state index in [0.717, 1.165) is 41.9 Å². The van der Waals surface area contributed by atoms with Crippen molar-refractivity contribution in [2.45, 2.75) is 26.2 Å². The average Bonchev–Trinajstić information content (AvgIpc) is 3.23. The van der Waals surface area contributed by atoms with Gasteiger partial charge in [-0.25, -0.2) is 0 Å². The molecule has 0 unspecified atom stereocenters. The minimum atomic E-state index is 0.874. The van der Waals surface area contributed by atoms with Crippen LogP contribution < -0.4 is 10.6 Å². The molecule has 2 aromatic rings. The molecule has 3 nitrogen and oxygen atoms in total. The van der Waals surface area contributed by atoms with Crippen molar-refractivity contribution in [1.82, 2.24) is 4.98 Å². The number of hydrogen-bond acceptors (Lipinski definition) is 3. The number of nitrogens with zero attached hydrogens (tertiary/aromatic N) is 2. The first kappa shape index (κ1) is 12.3.